The van der Waals surface area contributed by atoms with Crippen LogP contribution in [0.1, 0.15) is 0 Å². The molecule has 0 saturated carbocycles. The number of hydrogen-bond donors (Lipinski definition) is 0. The third kappa shape index (κ3) is 8.10. The van der Waals surface area contributed by atoms with E-state index in [0.717, 1.165) is 7.14 Å². The molecular formula is C12H6BCl4F4I. The van der Waals surface area contributed by atoms with Gasteiger partial charge in [0.05, 0.1) is 10.0 Å². The van der Waals surface area contributed by atoms with E-state index in [4.69, 9.17) is 46.4 Å². The quantitative estimate of drug-likeness (QED) is 0.253. The van der Waals surface area contributed by atoms with E-state index in [2.05, 4.69) is 0 Å². The van der Waals surface area contributed by atoms with Crippen molar-refractivity contribution in [3.8, 4) is 0 Å². The van der Waals surface area contributed by atoms with Crippen LogP contribution in [0.25, 0.3) is 0 Å². The zero-order valence-electron chi connectivity index (χ0n) is 10.4. The average molecular weight is 506 g/mol. The Morgan fingerprint density at radius 3 is 1.27 bits per heavy atom. The molecule has 0 aromatic heterocycles. The molecule has 0 unspecified atom stereocenters. The van der Waals surface area contributed by atoms with Gasteiger partial charge in [0.2, 0.25) is 7.14 Å². The van der Waals surface area contributed by atoms with Crippen LogP contribution in [-0.4, -0.2) is 7.25 Å². The van der Waals surface area contributed by atoms with E-state index in [1.165, 1.54) is 0 Å². The first-order chi connectivity index (χ1) is 10.1. The highest BCUT2D eigenvalue weighted by molar-refractivity contribution is 6.50. The molecule has 2 rings (SSSR count). The van der Waals surface area contributed by atoms with Crippen LogP contribution < -0.4 is 21.2 Å². The summed E-state index contributed by atoms with van der Waals surface area (Å²) in [5.74, 6) is 0. The normalized spacial score (nSPS) is 10.9. The van der Waals surface area contributed by atoms with Gasteiger partial charge in [-0.25, -0.2) is 0 Å². The van der Waals surface area contributed by atoms with Crippen LogP contribution in [-0.2, 0) is 0 Å². The Labute approximate surface area is 155 Å². The van der Waals surface area contributed by atoms with Gasteiger partial charge in [-0.1, -0.05) is 46.4 Å². The third-order valence-corrected chi connectivity index (χ3v) is 6.74. The highest BCUT2D eigenvalue weighted by Crippen LogP contribution is 2.17. The molecule has 10 heteroatoms. The number of benzene rings is 2. The van der Waals surface area contributed by atoms with Crippen molar-refractivity contribution in [3.05, 3.63) is 63.6 Å². The minimum absolute atomic E-state index is 0.421. The lowest BCUT2D eigenvalue weighted by Crippen LogP contribution is -3.61. The maximum atomic E-state index is 9.75. The first-order valence-corrected chi connectivity index (χ1v) is 9.15. The highest BCUT2D eigenvalue weighted by Gasteiger charge is 2.22. The van der Waals surface area contributed by atoms with Crippen molar-refractivity contribution in [2.75, 3.05) is 0 Å². The molecule has 0 N–H and O–H groups in total. The van der Waals surface area contributed by atoms with Gasteiger partial charge < -0.3 is 17.3 Å². The van der Waals surface area contributed by atoms with Gasteiger partial charge >= 0.3 is 28.5 Å². The molecule has 0 fully saturated rings. The molecule has 2 aromatic carbocycles. The monoisotopic (exact) mass is 504 g/mol. The Morgan fingerprint density at radius 1 is 0.682 bits per heavy atom. The van der Waals surface area contributed by atoms with Crippen LogP contribution in [0, 0.1) is 7.14 Å². The Kier molecular flexibility index (Phi) is 8.09. The van der Waals surface area contributed by atoms with E-state index >= 15 is 0 Å². The van der Waals surface area contributed by atoms with Crippen LogP contribution in [0.5, 0.6) is 0 Å². The van der Waals surface area contributed by atoms with Gasteiger partial charge in [0.1, 0.15) is 0 Å². The lowest BCUT2D eigenvalue weighted by molar-refractivity contribution is -0.597. The van der Waals surface area contributed by atoms with Crippen LogP contribution >= 0.6 is 46.4 Å². The minimum Gasteiger partial charge on any atom is -0.418 e. The first kappa shape index (κ1) is 20.2. The van der Waals surface area contributed by atoms with Gasteiger partial charge in [0.15, 0.2) is 0 Å². The zero-order chi connectivity index (χ0) is 16.9. The molecule has 0 aliphatic heterocycles. The zero-order valence-corrected chi connectivity index (χ0v) is 15.6. The fraction of sp³-hybridized carbons (Fsp3) is 0. The fourth-order valence-electron chi connectivity index (χ4n) is 1.20. The third-order valence-electron chi connectivity index (χ3n) is 1.97. The lowest BCUT2D eigenvalue weighted by atomic mass is 10.3. The summed E-state index contributed by atoms with van der Waals surface area (Å²) in [6.45, 7) is 0. The predicted molar refractivity (Wildman–Crippen MR) is 80.5 cm³/mol. The maximum Gasteiger partial charge on any atom is 0.673 e. The molecule has 22 heavy (non-hydrogen) atoms. The molecule has 0 bridgehead atoms. The number of halogens is 9. The van der Waals surface area contributed by atoms with Crippen molar-refractivity contribution >= 4 is 53.7 Å². The lowest BCUT2D eigenvalue weighted by Gasteiger charge is -1.95. The van der Waals surface area contributed by atoms with Gasteiger partial charge in [-0.05, 0) is 36.4 Å². The summed E-state index contributed by atoms with van der Waals surface area (Å²) in [6.07, 6.45) is 0. The molecule has 0 spiro atoms. The molecule has 0 saturated heterocycles. The largest absolute Gasteiger partial charge is 0.673 e. The second kappa shape index (κ2) is 8.82. The molecule has 0 atom stereocenters. The fourth-order valence-corrected chi connectivity index (χ4v) is 4.67. The summed E-state index contributed by atoms with van der Waals surface area (Å²) < 4.78 is 41.2. The SMILES string of the molecule is Clc1ccc([I+]c2ccc(Cl)cc2Cl)c(Cl)c1.F[B-](F)(F)F. The van der Waals surface area contributed by atoms with Crippen molar-refractivity contribution < 1.29 is 38.5 Å². The van der Waals surface area contributed by atoms with E-state index in [1.54, 1.807) is 12.1 Å². The molecule has 0 heterocycles. The van der Waals surface area contributed by atoms with E-state index in [9.17, 15) is 17.3 Å². The van der Waals surface area contributed by atoms with Crippen molar-refractivity contribution in [1.82, 2.24) is 0 Å². The summed E-state index contributed by atoms with van der Waals surface area (Å²) in [5.41, 5.74) is 0. The summed E-state index contributed by atoms with van der Waals surface area (Å²) in [7, 11) is -6.00. The van der Waals surface area contributed by atoms with Crippen molar-refractivity contribution in [3.63, 3.8) is 0 Å². The number of rotatable bonds is 2. The molecule has 0 amide bonds. The second-order valence-corrected chi connectivity index (χ2v) is 8.26. The van der Waals surface area contributed by atoms with Gasteiger partial charge in [-0.2, -0.15) is 0 Å². The Bertz CT molecular complexity index is 596. The Hall–Kier alpha value is 0.115. The molecule has 2 aromatic rings. The van der Waals surface area contributed by atoms with Gasteiger partial charge in [-0.3, -0.25) is 0 Å². The maximum absolute atomic E-state index is 9.75. The summed E-state index contributed by atoms with van der Waals surface area (Å²) >= 11 is 23.6. The molecule has 0 aliphatic carbocycles. The summed E-state index contributed by atoms with van der Waals surface area (Å²) in [4.78, 5) is 0. The van der Waals surface area contributed by atoms with Crippen molar-refractivity contribution in [2.24, 2.45) is 0 Å². The molecule has 0 radical (unpaired) electrons. The van der Waals surface area contributed by atoms with E-state index < -0.39 is 28.5 Å². The molecule has 120 valence electrons. The Morgan fingerprint density at radius 2 is 1.00 bits per heavy atom. The molecular weight excluding hydrogens is 500 g/mol. The van der Waals surface area contributed by atoms with Crippen molar-refractivity contribution in [2.45, 2.75) is 0 Å². The predicted octanol–water partition coefficient (Wildman–Crippen LogP) is 3.73. The molecule has 0 nitrogen and oxygen atoms in total. The van der Waals surface area contributed by atoms with E-state index in [0.29, 0.717) is 20.1 Å². The average Bonchev–Trinajstić information content (AvgIpc) is 2.33. The van der Waals surface area contributed by atoms with Crippen LogP contribution in [0.4, 0.5) is 17.3 Å². The second-order valence-electron chi connectivity index (χ2n) is 3.71. The van der Waals surface area contributed by atoms with Gasteiger partial charge in [0.25, 0.3) is 0 Å². The number of hydrogen-bond acceptors (Lipinski definition) is 0. The van der Waals surface area contributed by atoms with Gasteiger partial charge in [-0.15, -0.1) is 0 Å². The van der Waals surface area contributed by atoms with Crippen molar-refractivity contribution in [1.29, 1.82) is 0 Å². The van der Waals surface area contributed by atoms with Crippen LogP contribution in [0.15, 0.2) is 36.4 Å². The topological polar surface area (TPSA) is 0 Å². The molecule has 0 aliphatic rings. The van der Waals surface area contributed by atoms with Gasteiger partial charge in [0, 0.05) is 10.0 Å². The minimum atomic E-state index is -6.00. The highest BCUT2D eigenvalue weighted by atomic mass is 127. The van der Waals surface area contributed by atoms with Crippen LogP contribution in [0.2, 0.25) is 20.1 Å². The summed E-state index contributed by atoms with van der Waals surface area (Å²) in [6, 6.07) is 11.1. The standard InChI is InChI=1S/C12H6Cl4I.BF4/c13-7-1-3-11(9(15)5-7)17-12-4-2-8(14)6-10(12)16;2-1(3,4)5/h1-6H;/q+1;-1. The Balaban J connectivity index is 0.000000422. The first-order valence-electron chi connectivity index (χ1n) is 5.48. The van der Waals surface area contributed by atoms with Crippen LogP contribution in [0.3, 0.4) is 0 Å². The van der Waals surface area contributed by atoms with E-state index in [1.807, 2.05) is 24.3 Å². The smallest absolute Gasteiger partial charge is 0.418 e. The van der Waals surface area contributed by atoms with E-state index in [-0.39, 0.29) is 0 Å². The summed E-state index contributed by atoms with van der Waals surface area (Å²) in [5, 5.41) is 2.67.